The van der Waals surface area contributed by atoms with E-state index in [9.17, 15) is 9.90 Å². The van der Waals surface area contributed by atoms with Crippen molar-refractivity contribution >= 4 is 29.1 Å². The standard InChI is InChI=1S/C27H29NO4S/c1-2-12-31-13-14-32-25-6-3-21(4-7-25)22-5-8-26-24(16-22)17-23(27(29)30)9-11-28(26)18-20-10-15-33-19-20/h3-8,10,15-17,19H,2,9,11-14,18H2,1H3,(H,29,30). The van der Waals surface area contributed by atoms with E-state index in [1.165, 1.54) is 5.56 Å². The Morgan fingerprint density at radius 2 is 1.88 bits per heavy atom. The molecule has 0 bridgehead atoms. The molecule has 6 heteroatoms. The molecule has 0 spiro atoms. The van der Waals surface area contributed by atoms with Crippen LogP contribution in [0.1, 0.15) is 30.9 Å². The number of benzene rings is 2. The number of hydrogen-bond donors (Lipinski definition) is 1. The van der Waals surface area contributed by atoms with Gasteiger partial charge < -0.3 is 19.5 Å². The van der Waals surface area contributed by atoms with Gasteiger partial charge in [-0.1, -0.05) is 25.1 Å². The summed E-state index contributed by atoms with van der Waals surface area (Å²) in [5, 5.41) is 13.9. The van der Waals surface area contributed by atoms with Gasteiger partial charge in [-0.25, -0.2) is 4.79 Å². The van der Waals surface area contributed by atoms with E-state index in [0.29, 0.717) is 31.8 Å². The Bertz CT molecular complexity index is 1090. The molecule has 172 valence electrons. The van der Waals surface area contributed by atoms with Crippen LogP contribution in [-0.4, -0.2) is 37.4 Å². The monoisotopic (exact) mass is 463 g/mol. The highest BCUT2D eigenvalue weighted by Gasteiger charge is 2.20. The normalized spacial score (nSPS) is 13.2. The van der Waals surface area contributed by atoms with E-state index in [0.717, 1.165) is 47.7 Å². The van der Waals surface area contributed by atoms with Crippen LogP contribution in [0.25, 0.3) is 17.2 Å². The molecule has 4 rings (SSSR count). The molecule has 2 aromatic carbocycles. The van der Waals surface area contributed by atoms with Gasteiger partial charge in [0.25, 0.3) is 0 Å². The molecular weight excluding hydrogens is 434 g/mol. The van der Waals surface area contributed by atoms with Crippen molar-refractivity contribution in [3.8, 4) is 16.9 Å². The second kappa shape index (κ2) is 11.2. The molecule has 5 nitrogen and oxygen atoms in total. The van der Waals surface area contributed by atoms with Gasteiger partial charge in [-0.2, -0.15) is 11.3 Å². The first-order valence-corrected chi connectivity index (χ1v) is 12.2. The lowest BCUT2D eigenvalue weighted by molar-refractivity contribution is -0.132. The topological polar surface area (TPSA) is 59.0 Å². The largest absolute Gasteiger partial charge is 0.491 e. The van der Waals surface area contributed by atoms with E-state index in [4.69, 9.17) is 9.47 Å². The minimum Gasteiger partial charge on any atom is -0.491 e. The highest BCUT2D eigenvalue weighted by molar-refractivity contribution is 7.07. The Balaban J connectivity index is 1.54. The van der Waals surface area contributed by atoms with E-state index in [2.05, 4.69) is 46.8 Å². The predicted octanol–water partition coefficient (Wildman–Crippen LogP) is 6.10. The number of hydrogen-bond acceptors (Lipinski definition) is 5. The van der Waals surface area contributed by atoms with Crippen molar-refractivity contribution in [1.29, 1.82) is 0 Å². The van der Waals surface area contributed by atoms with Crippen LogP contribution in [0, 0.1) is 0 Å². The third-order valence-electron chi connectivity index (χ3n) is 5.61. The van der Waals surface area contributed by atoms with Gasteiger partial charge in [-0.15, -0.1) is 0 Å². The Kier molecular flexibility index (Phi) is 7.81. The summed E-state index contributed by atoms with van der Waals surface area (Å²) in [4.78, 5) is 14.0. The lowest BCUT2D eigenvalue weighted by Crippen LogP contribution is -2.24. The number of nitrogens with zero attached hydrogens (tertiary/aromatic N) is 1. The fourth-order valence-electron chi connectivity index (χ4n) is 3.92. The fourth-order valence-corrected chi connectivity index (χ4v) is 4.58. The maximum atomic E-state index is 11.8. The van der Waals surface area contributed by atoms with Crippen LogP contribution in [0.15, 0.2) is 64.9 Å². The lowest BCUT2D eigenvalue weighted by Gasteiger charge is -2.25. The van der Waals surface area contributed by atoms with Crippen molar-refractivity contribution in [2.24, 2.45) is 0 Å². The summed E-state index contributed by atoms with van der Waals surface area (Å²) in [6, 6.07) is 16.4. The average molecular weight is 464 g/mol. The molecule has 0 fully saturated rings. The van der Waals surface area contributed by atoms with Crippen molar-refractivity contribution in [3.05, 3.63) is 76.0 Å². The maximum Gasteiger partial charge on any atom is 0.331 e. The number of fused-ring (bicyclic) bond motifs is 1. The van der Waals surface area contributed by atoms with E-state index < -0.39 is 5.97 Å². The summed E-state index contributed by atoms with van der Waals surface area (Å²) < 4.78 is 11.2. The van der Waals surface area contributed by atoms with Gasteiger partial charge in [-0.3, -0.25) is 0 Å². The molecule has 0 radical (unpaired) electrons. The molecule has 0 aliphatic carbocycles. The van der Waals surface area contributed by atoms with E-state index >= 15 is 0 Å². The zero-order valence-corrected chi connectivity index (χ0v) is 19.6. The summed E-state index contributed by atoms with van der Waals surface area (Å²) in [6.45, 7) is 5.39. The predicted molar refractivity (Wildman–Crippen MR) is 134 cm³/mol. The van der Waals surface area contributed by atoms with Gasteiger partial charge in [-0.05, 0) is 82.3 Å². The van der Waals surface area contributed by atoms with Crippen LogP contribution in [0.5, 0.6) is 5.75 Å². The van der Waals surface area contributed by atoms with Gasteiger partial charge in [0, 0.05) is 31.0 Å². The smallest absolute Gasteiger partial charge is 0.331 e. The van der Waals surface area contributed by atoms with Crippen molar-refractivity contribution in [1.82, 2.24) is 0 Å². The molecule has 0 saturated carbocycles. The minimum atomic E-state index is -0.854. The Labute approximate surface area is 198 Å². The number of carboxylic acid groups (broad SMARTS) is 1. The zero-order valence-electron chi connectivity index (χ0n) is 18.8. The first-order valence-electron chi connectivity index (χ1n) is 11.3. The number of thiophene rings is 1. The molecule has 1 N–H and O–H groups in total. The SMILES string of the molecule is CCCOCCOc1ccc(-c2ccc3c(c2)C=C(C(=O)O)CCN3Cc2ccsc2)cc1. The maximum absolute atomic E-state index is 11.8. The van der Waals surface area contributed by atoms with E-state index in [-0.39, 0.29) is 0 Å². The number of aliphatic carboxylic acids is 1. The fraction of sp³-hybridized carbons (Fsp3) is 0.296. The highest BCUT2D eigenvalue weighted by Crippen LogP contribution is 2.34. The highest BCUT2D eigenvalue weighted by atomic mass is 32.1. The van der Waals surface area contributed by atoms with Gasteiger partial charge in [0.2, 0.25) is 0 Å². The van der Waals surface area contributed by atoms with Crippen LogP contribution >= 0.6 is 11.3 Å². The Morgan fingerprint density at radius 1 is 1.06 bits per heavy atom. The van der Waals surface area contributed by atoms with Gasteiger partial charge in [0.1, 0.15) is 12.4 Å². The van der Waals surface area contributed by atoms with Crippen LogP contribution in [-0.2, 0) is 16.1 Å². The van der Waals surface area contributed by atoms with Gasteiger partial charge in [0.05, 0.1) is 6.61 Å². The first kappa shape index (κ1) is 23.1. The number of rotatable bonds is 10. The third-order valence-corrected chi connectivity index (χ3v) is 6.34. The Morgan fingerprint density at radius 3 is 2.61 bits per heavy atom. The molecule has 3 aromatic rings. The Hall–Kier alpha value is -3.09. The summed E-state index contributed by atoms with van der Waals surface area (Å²) in [5.41, 5.74) is 5.79. The summed E-state index contributed by atoms with van der Waals surface area (Å²) in [5.74, 6) is -0.0447. The minimum absolute atomic E-state index is 0.440. The molecule has 33 heavy (non-hydrogen) atoms. The number of anilines is 1. The lowest BCUT2D eigenvalue weighted by atomic mass is 10.00. The van der Waals surface area contributed by atoms with Crippen molar-refractivity contribution in [2.45, 2.75) is 26.3 Å². The van der Waals surface area contributed by atoms with Crippen LogP contribution in [0.3, 0.4) is 0 Å². The van der Waals surface area contributed by atoms with Gasteiger partial charge in [0.15, 0.2) is 0 Å². The molecular formula is C27H29NO4S. The summed E-state index contributed by atoms with van der Waals surface area (Å²) in [6.07, 6.45) is 3.34. The first-order chi connectivity index (χ1) is 16.1. The van der Waals surface area contributed by atoms with E-state index in [1.54, 1.807) is 11.3 Å². The molecule has 1 aliphatic heterocycles. The molecule has 1 aliphatic rings. The van der Waals surface area contributed by atoms with Crippen molar-refractivity contribution in [2.75, 3.05) is 31.3 Å². The zero-order chi connectivity index (χ0) is 23.0. The number of carboxylic acids is 1. The summed E-state index contributed by atoms with van der Waals surface area (Å²) >= 11 is 1.68. The molecule has 0 saturated heterocycles. The van der Waals surface area contributed by atoms with Crippen molar-refractivity contribution < 1.29 is 19.4 Å². The van der Waals surface area contributed by atoms with Gasteiger partial charge >= 0.3 is 5.97 Å². The average Bonchev–Trinajstić information content (AvgIpc) is 3.27. The van der Waals surface area contributed by atoms with Crippen molar-refractivity contribution in [3.63, 3.8) is 0 Å². The molecule has 0 amide bonds. The second-order valence-corrected chi connectivity index (χ2v) is 8.82. The van der Waals surface area contributed by atoms with Crippen LogP contribution < -0.4 is 9.64 Å². The number of carbonyl (C=O) groups is 1. The molecule has 0 unspecified atom stereocenters. The van der Waals surface area contributed by atoms with Crippen LogP contribution in [0.2, 0.25) is 0 Å². The second-order valence-electron chi connectivity index (χ2n) is 8.04. The quantitative estimate of drug-likeness (QED) is 0.368. The van der Waals surface area contributed by atoms with E-state index in [1.807, 2.05) is 30.3 Å². The molecule has 1 aromatic heterocycles. The molecule has 2 heterocycles. The summed E-state index contributed by atoms with van der Waals surface area (Å²) in [7, 11) is 0. The third kappa shape index (κ3) is 6.03. The van der Waals surface area contributed by atoms with Crippen LogP contribution in [0.4, 0.5) is 5.69 Å². The molecule has 0 atom stereocenters. The number of ether oxygens (including phenoxy) is 2.